The van der Waals surface area contributed by atoms with Crippen molar-refractivity contribution >= 4 is 23.2 Å². The normalized spacial score (nSPS) is 24.1. The van der Waals surface area contributed by atoms with E-state index in [0.29, 0.717) is 12.8 Å². The van der Waals surface area contributed by atoms with Crippen LogP contribution < -0.4 is 5.32 Å². The van der Waals surface area contributed by atoms with Crippen LogP contribution in [0.4, 0.5) is 0 Å². The molecule has 1 saturated carbocycles. The number of carboxylic acids is 1. The molecule has 1 fully saturated rings. The lowest BCUT2D eigenvalue weighted by atomic mass is 9.80. The van der Waals surface area contributed by atoms with Gasteiger partial charge in [-0.2, -0.15) is 0 Å². The number of hydrogen-bond donors (Lipinski definition) is 2. The molecule has 114 valence electrons. The highest BCUT2D eigenvalue weighted by Gasteiger charge is 2.42. The predicted octanol–water partition coefficient (Wildman–Crippen LogP) is 3.07. The molecule has 1 aromatic heterocycles. The summed E-state index contributed by atoms with van der Waals surface area (Å²) in [7, 11) is 0. The fourth-order valence-electron chi connectivity index (χ4n) is 3.63. The second-order valence-electron chi connectivity index (χ2n) is 6.18. The van der Waals surface area contributed by atoms with E-state index >= 15 is 0 Å². The third kappa shape index (κ3) is 2.71. The highest BCUT2D eigenvalue weighted by Crippen LogP contribution is 2.36. The average molecular weight is 307 g/mol. The predicted molar refractivity (Wildman–Crippen MR) is 81.6 cm³/mol. The van der Waals surface area contributed by atoms with Gasteiger partial charge in [0.25, 0.3) is 0 Å². The molecule has 2 N–H and O–H groups in total. The zero-order chi connectivity index (χ0) is 14.9. The summed E-state index contributed by atoms with van der Waals surface area (Å²) in [5.41, 5.74) is 0.0725. The number of carboxylic acid groups (broad SMARTS) is 1. The summed E-state index contributed by atoms with van der Waals surface area (Å²) in [6.07, 6.45) is 6.79. The Morgan fingerprint density at radius 2 is 2.00 bits per heavy atom. The van der Waals surface area contributed by atoms with Crippen LogP contribution in [0.15, 0.2) is 11.4 Å². The van der Waals surface area contributed by atoms with Gasteiger partial charge in [0, 0.05) is 4.88 Å². The van der Waals surface area contributed by atoms with Crippen molar-refractivity contribution in [2.75, 3.05) is 0 Å². The van der Waals surface area contributed by atoms with Crippen LogP contribution in [0.25, 0.3) is 0 Å². The zero-order valence-electron chi connectivity index (χ0n) is 12.1. The molecule has 2 aliphatic carbocycles. The molecule has 0 bridgehead atoms. The molecule has 1 amide bonds. The van der Waals surface area contributed by atoms with Gasteiger partial charge in [-0.1, -0.05) is 19.3 Å². The van der Waals surface area contributed by atoms with Gasteiger partial charge in [-0.05, 0) is 49.1 Å². The van der Waals surface area contributed by atoms with Crippen LogP contribution in [-0.2, 0) is 16.0 Å². The van der Waals surface area contributed by atoms with E-state index in [-0.39, 0.29) is 11.8 Å². The first-order valence-electron chi connectivity index (χ1n) is 7.74. The van der Waals surface area contributed by atoms with Gasteiger partial charge in [0.1, 0.15) is 5.54 Å². The van der Waals surface area contributed by atoms with Crippen molar-refractivity contribution < 1.29 is 14.7 Å². The number of carbonyl (C=O) groups is 2. The fourth-order valence-corrected chi connectivity index (χ4v) is 4.62. The van der Waals surface area contributed by atoms with E-state index < -0.39 is 11.5 Å². The van der Waals surface area contributed by atoms with E-state index in [0.717, 1.165) is 44.1 Å². The smallest absolute Gasteiger partial charge is 0.329 e. The molecule has 1 unspecified atom stereocenters. The number of amides is 1. The number of fused-ring (bicyclic) bond motifs is 1. The van der Waals surface area contributed by atoms with E-state index in [1.165, 1.54) is 4.88 Å². The van der Waals surface area contributed by atoms with Crippen molar-refractivity contribution in [2.45, 2.75) is 62.8 Å². The largest absolute Gasteiger partial charge is 0.480 e. The standard InChI is InChI=1S/C16H21NO3S/c18-14(12-5-4-6-13-11(12)7-10-21-13)17-16(15(19)20)8-2-1-3-9-16/h7,10,12H,1-6,8-9H2,(H,17,18)(H,19,20). The molecule has 1 atom stereocenters. The van der Waals surface area contributed by atoms with Gasteiger partial charge >= 0.3 is 5.97 Å². The summed E-state index contributed by atoms with van der Waals surface area (Å²) in [6.45, 7) is 0. The van der Waals surface area contributed by atoms with Gasteiger partial charge in [0.15, 0.2) is 0 Å². The second-order valence-corrected chi connectivity index (χ2v) is 7.18. The Labute approximate surface area is 128 Å². The van der Waals surface area contributed by atoms with Crippen molar-refractivity contribution in [2.24, 2.45) is 0 Å². The Morgan fingerprint density at radius 1 is 1.24 bits per heavy atom. The van der Waals surface area contributed by atoms with Crippen molar-refractivity contribution in [1.29, 1.82) is 0 Å². The number of rotatable bonds is 3. The minimum absolute atomic E-state index is 0.0985. The maximum atomic E-state index is 12.7. The minimum atomic E-state index is -1.04. The highest BCUT2D eigenvalue weighted by atomic mass is 32.1. The number of aryl methyl sites for hydroxylation is 1. The summed E-state index contributed by atoms with van der Waals surface area (Å²) >= 11 is 1.70. The number of thiophene rings is 1. The number of carbonyl (C=O) groups excluding carboxylic acids is 1. The first-order chi connectivity index (χ1) is 10.1. The quantitative estimate of drug-likeness (QED) is 0.902. The van der Waals surface area contributed by atoms with Crippen molar-refractivity contribution in [3.8, 4) is 0 Å². The van der Waals surface area contributed by atoms with Gasteiger partial charge in [0.05, 0.1) is 5.92 Å². The Balaban J connectivity index is 1.78. The molecule has 0 aliphatic heterocycles. The lowest BCUT2D eigenvalue weighted by Crippen LogP contribution is -2.56. The molecule has 0 aromatic carbocycles. The molecule has 1 aromatic rings. The van der Waals surface area contributed by atoms with Gasteiger partial charge in [-0.3, -0.25) is 4.79 Å². The molecular formula is C16H21NO3S. The van der Waals surface area contributed by atoms with Crippen LogP contribution >= 0.6 is 11.3 Å². The monoisotopic (exact) mass is 307 g/mol. The number of hydrogen-bond acceptors (Lipinski definition) is 3. The maximum absolute atomic E-state index is 12.7. The number of nitrogens with one attached hydrogen (secondary N) is 1. The lowest BCUT2D eigenvalue weighted by Gasteiger charge is -2.35. The van der Waals surface area contributed by atoms with Gasteiger partial charge in [-0.15, -0.1) is 11.3 Å². The molecule has 5 heteroatoms. The van der Waals surface area contributed by atoms with Crippen LogP contribution in [0.3, 0.4) is 0 Å². The second kappa shape index (κ2) is 5.79. The minimum Gasteiger partial charge on any atom is -0.480 e. The topological polar surface area (TPSA) is 66.4 Å². The van der Waals surface area contributed by atoms with Gasteiger partial charge in [-0.25, -0.2) is 4.79 Å². The Kier molecular flexibility index (Phi) is 4.02. The Hall–Kier alpha value is -1.36. The van der Waals surface area contributed by atoms with E-state index in [1.807, 2.05) is 11.4 Å². The van der Waals surface area contributed by atoms with Gasteiger partial charge < -0.3 is 10.4 Å². The van der Waals surface area contributed by atoms with Crippen LogP contribution in [-0.4, -0.2) is 22.5 Å². The van der Waals surface area contributed by atoms with Crippen LogP contribution in [0.1, 0.15) is 61.3 Å². The molecule has 0 spiro atoms. The summed E-state index contributed by atoms with van der Waals surface area (Å²) in [5.74, 6) is -1.14. The van der Waals surface area contributed by atoms with E-state index in [1.54, 1.807) is 11.3 Å². The first-order valence-corrected chi connectivity index (χ1v) is 8.62. The van der Waals surface area contributed by atoms with E-state index in [2.05, 4.69) is 5.32 Å². The van der Waals surface area contributed by atoms with Crippen molar-refractivity contribution in [3.05, 3.63) is 21.9 Å². The molecule has 21 heavy (non-hydrogen) atoms. The maximum Gasteiger partial charge on any atom is 0.329 e. The summed E-state index contributed by atoms with van der Waals surface area (Å²) in [4.78, 5) is 25.6. The molecule has 3 rings (SSSR count). The average Bonchev–Trinajstić information content (AvgIpc) is 2.96. The first kappa shape index (κ1) is 14.6. The summed E-state index contributed by atoms with van der Waals surface area (Å²) < 4.78 is 0. The SMILES string of the molecule is O=C(NC1(C(=O)O)CCCCC1)C1CCCc2sccc21. The highest BCUT2D eigenvalue weighted by molar-refractivity contribution is 7.10. The molecule has 1 heterocycles. The Bertz CT molecular complexity index is 545. The summed E-state index contributed by atoms with van der Waals surface area (Å²) in [5, 5.41) is 14.5. The Morgan fingerprint density at radius 3 is 2.71 bits per heavy atom. The zero-order valence-corrected chi connectivity index (χ0v) is 12.9. The third-order valence-corrected chi connectivity index (χ3v) is 5.84. The van der Waals surface area contributed by atoms with E-state index in [4.69, 9.17) is 0 Å². The van der Waals surface area contributed by atoms with Crippen LogP contribution in [0, 0.1) is 0 Å². The molecule has 2 aliphatic rings. The molecule has 4 nitrogen and oxygen atoms in total. The summed E-state index contributed by atoms with van der Waals surface area (Å²) in [6, 6.07) is 2.03. The molecule has 0 radical (unpaired) electrons. The van der Waals surface area contributed by atoms with Crippen LogP contribution in [0.2, 0.25) is 0 Å². The lowest BCUT2D eigenvalue weighted by molar-refractivity contribution is -0.149. The number of aliphatic carboxylic acids is 1. The van der Waals surface area contributed by atoms with Crippen molar-refractivity contribution in [3.63, 3.8) is 0 Å². The van der Waals surface area contributed by atoms with Crippen LogP contribution in [0.5, 0.6) is 0 Å². The van der Waals surface area contributed by atoms with Gasteiger partial charge in [0.2, 0.25) is 5.91 Å². The van der Waals surface area contributed by atoms with E-state index in [9.17, 15) is 14.7 Å². The van der Waals surface area contributed by atoms with Crippen molar-refractivity contribution in [1.82, 2.24) is 5.32 Å². The molecular weight excluding hydrogens is 286 g/mol. The molecule has 0 saturated heterocycles. The fraction of sp³-hybridized carbons (Fsp3) is 0.625. The third-order valence-electron chi connectivity index (χ3n) is 4.85.